The molecule has 1 rings (SSSR count). The Labute approximate surface area is 88.8 Å². The Kier molecular flexibility index (Phi) is 3.99. The van der Waals surface area contributed by atoms with Gasteiger partial charge in [-0.3, -0.25) is 4.79 Å². The van der Waals surface area contributed by atoms with Gasteiger partial charge in [0, 0.05) is 12.7 Å². The Morgan fingerprint density at radius 1 is 1.40 bits per heavy atom. The average Bonchev–Trinajstić information content (AvgIpc) is 2.26. The lowest BCUT2D eigenvalue weighted by Gasteiger charge is -2.03. The zero-order chi connectivity index (χ0) is 11.3. The van der Waals surface area contributed by atoms with E-state index in [4.69, 9.17) is 4.74 Å². The second kappa shape index (κ2) is 5.04. The summed E-state index contributed by atoms with van der Waals surface area (Å²) in [5.74, 6) is -0.0776. The Morgan fingerprint density at radius 2 is 2.13 bits per heavy atom. The first-order valence-electron chi connectivity index (χ1n) is 4.37. The van der Waals surface area contributed by atoms with Gasteiger partial charge in [0.15, 0.2) is 9.84 Å². The maximum atomic E-state index is 11.7. The van der Waals surface area contributed by atoms with Crippen molar-refractivity contribution in [2.24, 2.45) is 0 Å². The minimum atomic E-state index is -3.34. The van der Waals surface area contributed by atoms with Gasteiger partial charge in [0.2, 0.25) is 0 Å². The molecule has 0 aliphatic heterocycles. The number of hydrogen-bond acceptors (Lipinski definition) is 4. The Balaban J connectivity index is 2.99. The molecule has 0 N–H and O–H groups in total. The molecular weight excluding hydrogens is 216 g/mol. The molecule has 15 heavy (non-hydrogen) atoms. The predicted molar refractivity (Wildman–Crippen MR) is 55.8 cm³/mol. The minimum absolute atomic E-state index is 0.0776. The van der Waals surface area contributed by atoms with Crippen LogP contribution in [0.1, 0.15) is 10.4 Å². The van der Waals surface area contributed by atoms with E-state index in [9.17, 15) is 13.2 Å². The number of carbonyl (C=O) groups excluding carboxylic acids is 1. The number of sulfone groups is 1. The van der Waals surface area contributed by atoms with Crippen LogP contribution in [0.2, 0.25) is 0 Å². The van der Waals surface area contributed by atoms with E-state index < -0.39 is 9.84 Å². The standard InChI is InChI=1S/C10H12O4S/c1-14-5-6-15(12,13)10-4-2-3-9(7-10)8-11/h2-4,7-8H,5-6H2,1H3. The second-order valence-electron chi connectivity index (χ2n) is 3.00. The van der Waals surface area contributed by atoms with Gasteiger partial charge in [0.05, 0.1) is 17.3 Å². The molecule has 0 aliphatic rings. The first-order chi connectivity index (χ1) is 7.10. The van der Waals surface area contributed by atoms with E-state index >= 15 is 0 Å². The first kappa shape index (κ1) is 11.9. The summed E-state index contributed by atoms with van der Waals surface area (Å²) in [6, 6.07) is 5.93. The van der Waals surface area contributed by atoms with Crippen LogP contribution < -0.4 is 0 Å². The molecule has 0 aliphatic carbocycles. The smallest absolute Gasteiger partial charge is 0.180 e. The summed E-state index contributed by atoms with van der Waals surface area (Å²) in [7, 11) is -1.90. The summed E-state index contributed by atoms with van der Waals surface area (Å²) in [4.78, 5) is 10.6. The number of aldehydes is 1. The van der Waals surface area contributed by atoms with Crippen LogP contribution in [0.25, 0.3) is 0 Å². The summed E-state index contributed by atoms with van der Waals surface area (Å²) in [5.41, 5.74) is 0.355. The molecule has 82 valence electrons. The zero-order valence-corrected chi connectivity index (χ0v) is 9.16. The van der Waals surface area contributed by atoms with Gasteiger partial charge in [-0.1, -0.05) is 12.1 Å². The first-order valence-corrected chi connectivity index (χ1v) is 6.02. The summed E-state index contributed by atoms with van der Waals surface area (Å²) < 4.78 is 28.0. The zero-order valence-electron chi connectivity index (χ0n) is 8.34. The largest absolute Gasteiger partial charge is 0.384 e. The molecule has 0 spiro atoms. The minimum Gasteiger partial charge on any atom is -0.384 e. The lowest BCUT2D eigenvalue weighted by atomic mass is 10.2. The van der Waals surface area contributed by atoms with Crippen LogP contribution in [-0.2, 0) is 14.6 Å². The molecule has 0 fully saturated rings. The van der Waals surface area contributed by atoms with Crippen LogP contribution in [0, 0.1) is 0 Å². The van der Waals surface area contributed by atoms with Crippen LogP contribution in [0.3, 0.4) is 0 Å². The lowest BCUT2D eigenvalue weighted by Crippen LogP contribution is -2.11. The maximum Gasteiger partial charge on any atom is 0.180 e. The van der Waals surface area contributed by atoms with Crippen LogP contribution in [0.5, 0.6) is 0 Å². The van der Waals surface area contributed by atoms with E-state index in [0.29, 0.717) is 11.8 Å². The Hall–Kier alpha value is -1.20. The Bertz CT molecular complexity index is 436. The van der Waals surface area contributed by atoms with E-state index in [2.05, 4.69) is 0 Å². The van der Waals surface area contributed by atoms with Crippen LogP contribution in [0.15, 0.2) is 29.2 Å². The SMILES string of the molecule is COCCS(=O)(=O)c1cccc(C=O)c1. The van der Waals surface area contributed by atoms with Crippen molar-refractivity contribution >= 4 is 16.1 Å². The molecule has 0 bridgehead atoms. The van der Waals surface area contributed by atoms with Crippen molar-refractivity contribution in [1.82, 2.24) is 0 Å². The van der Waals surface area contributed by atoms with E-state index in [1.807, 2.05) is 0 Å². The van der Waals surface area contributed by atoms with E-state index in [0.717, 1.165) is 0 Å². The predicted octanol–water partition coefficient (Wildman–Crippen LogP) is 0.919. The maximum absolute atomic E-state index is 11.7. The van der Waals surface area contributed by atoms with Crippen LogP contribution in [0.4, 0.5) is 0 Å². The van der Waals surface area contributed by atoms with Gasteiger partial charge < -0.3 is 4.74 Å². The van der Waals surface area contributed by atoms with Crippen molar-refractivity contribution in [2.45, 2.75) is 4.90 Å². The third kappa shape index (κ3) is 3.14. The van der Waals surface area contributed by atoms with Gasteiger partial charge in [0.1, 0.15) is 6.29 Å². The van der Waals surface area contributed by atoms with Crippen molar-refractivity contribution in [2.75, 3.05) is 19.5 Å². The summed E-state index contributed by atoms with van der Waals surface area (Å²) in [5, 5.41) is 0. The van der Waals surface area contributed by atoms with Crippen molar-refractivity contribution in [3.63, 3.8) is 0 Å². The van der Waals surface area contributed by atoms with Crippen molar-refractivity contribution < 1.29 is 17.9 Å². The fourth-order valence-corrected chi connectivity index (χ4v) is 2.32. The number of benzene rings is 1. The topological polar surface area (TPSA) is 60.4 Å². The van der Waals surface area contributed by atoms with Crippen LogP contribution >= 0.6 is 0 Å². The molecule has 0 radical (unpaired) electrons. The molecular formula is C10H12O4S. The molecule has 0 atom stereocenters. The normalized spacial score (nSPS) is 11.3. The highest BCUT2D eigenvalue weighted by atomic mass is 32.2. The molecule has 5 heteroatoms. The lowest BCUT2D eigenvalue weighted by molar-refractivity contribution is 0.112. The molecule has 1 aromatic rings. The monoisotopic (exact) mass is 228 g/mol. The van der Waals surface area contributed by atoms with Gasteiger partial charge in [-0.2, -0.15) is 0 Å². The van der Waals surface area contributed by atoms with Gasteiger partial charge >= 0.3 is 0 Å². The number of ether oxygens (including phenoxy) is 1. The molecule has 0 aromatic heterocycles. The highest BCUT2D eigenvalue weighted by Crippen LogP contribution is 2.12. The summed E-state index contributed by atoms with van der Waals surface area (Å²) >= 11 is 0. The molecule has 0 saturated heterocycles. The van der Waals surface area contributed by atoms with Gasteiger partial charge in [-0.25, -0.2) is 8.42 Å². The third-order valence-corrected chi connectivity index (χ3v) is 3.59. The highest BCUT2D eigenvalue weighted by molar-refractivity contribution is 7.91. The average molecular weight is 228 g/mol. The molecule has 0 amide bonds. The second-order valence-corrected chi connectivity index (χ2v) is 5.11. The molecule has 1 aromatic carbocycles. The molecule has 4 nitrogen and oxygen atoms in total. The fraction of sp³-hybridized carbons (Fsp3) is 0.300. The van der Waals surface area contributed by atoms with Gasteiger partial charge in [0.25, 0.3) is 0 Å². The number of hydrogen-bond donors (Lipinski definition) is 0. The van der Waals surface area contributed by atoms with Crippen molar-refractivity contribution in [3.8, 4) is 0 Å². The van der Waals surface area contributed by atoms with Crippen molar-refractivity contribution in [1.29, 1.82) is 0 Å². The number of methoxy groups -OCH3 is 1. The number of carbonyl (C=O) groups is 1. The molecule has 0 saturated carbocycles. The third-order valence-electron chi connectivity index (χ3n) is 1.91. The molecule has 0 heterocycles. The summed E-state index contributed by atoms with van der Waals surface area (Å²) in [6.07, 6.45) is 0.620. The van der Waals surface area contributed by atoms with E-state index in [1.54, 1.807) is 12.1 Å². The van der Waals surface area contributed by atoms with Gasteiger partial charge in [-0.15, -0.1) is 0 Å². The highest BCUT2D eigenvalue weighted by Gasteiger charge is 2.13. The molecule has 0 unspecified atom stereocenters. The van der Waals surface area contributed by atoms with Crippen LogP contribution in [-0.4, -0.2) is 34.2 Å². The number of rotatable bonds is 5. The van der Waals surface area contributed by atoms with E-state index in [-0.39, 0.29) is 17.3 Å². The quantitative estimate of drug-likeness (QED) is 0.703. The van der Waals surface area contributed by atoms with Crippen molar-refractivity contribution in [3.05, 3.63) is 29.8 Å². The Morgan fingerprint density at radius 3 is 2.73 bits per heavy atom. The summed E-state index contributed by atoms with van der Waals surface area (Å²) in [6.45, 7) is 0.146. The van der Waals surface area contributed by atoms with Gasteiger partial charge in [-0.05, 0) is 12.1 Å². The fourth-order valence-electron chi connectivity index (χ4n) is 1.09. The van der Waals surface area contributed by atoms with E-state index in [1.165, 1.54) is 19.2 Å².